The Morgan fingerprint density at radius 2 is 2.08 bits per heavy atom. The number of amides is 1. The van der Waals surface area contributed by atoms with Gasteiger partial charge in [-0.15, -0.1) is 0 Å². The minimum Gasteiger partial charge on any atom is -0.483 e. The Morgan fingerprint density at radius 3 is 2.65 bits per heavy atom. The van der Waals surface area contributed by atoms with Gasteiger partial charge in [0.25, 0.3) is 5.91 Å². The van der Waals surface area contributed by atoms with E-state index in [1.165, 1.54) is 0 Å². The molecule has 2 aromatic rings. The van der Waals surface area contributed by atoms with Crippen LogP contribution in [0.2, 0.25) is 5.02 Å². The fourth-order valence-electron chi connectivity index (χ4n) is 2.67. The Bertz CT molecular complexity index is 727. The van der Waals surface area contributed by atoms with E-state index >= 15 is 0 Å². The van der Waals surface area contributed by atoms with Crippen LogP contribution in [0.25, 0.3) is 0 Å². The summed E-state index contributed by atoms with van der Waals surface area (Å²) in [5, 5.41) is 3.61. The predicted octanol–water partition coefficient (Wildman–Crippen LogP) is 4.16. The molecule has 0 aliphatic carbocycles. The van der Waals surface area contributed by atoms with Crippen LogP contribution in [0.4, 0.5) is 0 Å². The van der Waals surface area contributed by atoms with Crippen molar-refractivity contribution in [2.45, 2.75) is 32.7 Å². The summed E-state index contributed by atoms with van der Waals surface area (Å²) < 4.78 is 11.2. The van der Waals surface area contributed by atoms with Crippen LogP contribution in [-0.4, -0.2) is 38.1 Å². The third-order valence-electron chi connectivity index (χ3n) is 4.26. The lowest BCUT2D eigenvalue weighted by Gasteiger charge is -2.22. The van der Waals surface area contributed by atoms with Crippen molar-refractivity contribution in [1.29, 1.82) is 0 Å². The summed E-state index contributed by atoms with van der Waals surface area (Å²) in [6, 6.07) is 7.51. The van der Waals surface area contributed by atoms with Gasteiger partial charge in [-0.2, -0.15) is 0 Å². The van der Waals surface area contributed by atoms with Crippen molar-refractivity contribution < 1.29 is 13.9 Å². The van der Waals surface area contributed by atoms with Crippen molar-refractivity contribution in [3.8, 4) is 5.75 Å². The molecule has 1 heterocycles. The summed E-state index contributed by atoms with van der Waals surface area (Å²) in [5.74, 6) is 1.59. The second-order valence-electron chi connectivity index (χ2n) is 6.88. The highest BCUT2D eigenvalue weighted by Gasteiger charge is 2.18. The van der Waals surface area contributed by atoms with Crippen molar-refractivity contribution in [3.05, 3.63) is 52.4 Å². The molecule has 0 aliphatic heterocycles. The SMILES string of the molecule is Cc1cc(OCC(=O)NCC(c2ccco2)N(C)C)c(C(C)C)cc1Cl. The van der Waals surface area contributed by atoms with Gasteiger partial charge in [0.15, 0.2) is 6.61 Å². The Morgan fingerprint density at radius 1 is 1.35 bits per heavy atom. The number of carbonyl (C=O) groups excluding carboxylic acids is 1. The van der Waals surface area contributed by atoms with Crippen molar-refractivity contribution >= 4 is 17.5 Å². The molecular formula is C20H27ClN2O3. The number of furan rings is 1. The molecule has 1 N–H and O–H groups in total. The summed E-state index contributed by atoms with van der Waals surface area (Å²) in [6.07, 6.45) is 1.63. The first-order chi connectivity index (χ1) is 12.3. The standard InChI is InChI=1S/C20H27ClN2O3/c1-13(2)15-10-16(21)14(3)9-19(15)26-12-20(24)22-11-17(23(4)5)18-7-6-8-25-18/h6-10,13,17H,11-12H2,1-5H3,(H,22,24). The van der Waals surface area contributed by atoms with Crippen molar-refractivity contribution in [3.63, 3.8) is 0 Å². The van der Waals surface area contributed by atoms with Gasteiger partial charge >= 0.3 is 0 Å². The number of hydrogen-bond donors (Lipinski definition) is 1. The highest BCUT2D eigenvalue weighted by Crippen LogP contribution is 2.32. The molecule has 1 unspecified atom stereocenters. The molecule has 0 spiro atoms. The van der Waals surface area contributed by atoms with Gasteiger partial charge in [-0.1, -0.05) is 25.4 Å². The summed E-state index contributed by atoms with van der Waals surface area (Å²) in [4.78, 5) is 14.2. The topological polar surface area (TPSA) is 54.7 Å². The molecule has 0 fully saturated rings. The third-order valence-corrected chi connectivity index (χ3v) is 4.67. The van der Waals surface area contributed by atoms with Crippen LogP contribution in [0, 0.1) is 6.92 Å². The second kappa shape index (κ2) is 9.10. The maximum absolute atomic E-state index is 12.2. The van der Waals surface area contributed by atoms with E-state index in [0.717, 1.165) is 16.9 Å². The van der Waals surface area contributed by atoms with E-state index in [1.807, 2.05) is 50.2 Å². The first-order valence-corrected chi connectivity index (χ1v) is 9.06. The molecule has 142 valence electrons. The zero-order valence-electron chi connectivity index (χ0n) is 16.0. The number of carbonyl (C=O) groups is 1. The number of hydrogen-bond acceptors (Lipinski definition) is 4. The second-order valence-corrected chi connectivity index (χ2v) is 7.29. The van der Waals surface area contributed by atoms with Gasteiger partial charge in [0.05, 0.1) is 12.3 Å². The van der Waals surface area contributed by atoms with Gasteiger partial charge in [0, 0.05) is 11.6 Å². The van der Waals surface area contributed by atoms with Crippen LogP contribution >= 0.6 is 11.6 Å². The molecule has 6 heteroatoms. The number of aryl methyl sites for hydroxylation is 1. The summed E-state index contributed by atoms with van der Waals surface area (Å²) >= 11 is 6.21. The Labute approximate surface area is 160 Å². The van der Waals surface area contributed by atoms with Gasteiger partial charge < -0.3 is 14.5 Å². The number of nitrogens with zero attached hydrogens (tertiary/aromatic N) is 1. The lowest BCUT2D eigenvalue weighted by Crippen LogP contribution is -2.36. The molecule has 5 nitrogen and oxygen atoms in total. The quantitative estimate of drug-likeness (QED) is 0.749. The first-order valence-electron chi connectivity index (χ1n) is 8.69. The number of nitrogens with one attached hydrogen (secondary N) is 1. The van der Waals surface area contributed by atoms with E-state index < -0.39 is 0 Å². The normalized spacial score (nSPS) is 12.5. The van der Waals surface area contributed by atoms with E-state index in [9.17, 15) is 4.79 Å². The minimum atomic E-state index is -0.175. The van der Waals surface area contributed by atoms with Crippen LogP contribution in [0.15, 0.2) is 34.9 Å². The molecule has 2 rings (SSSR count). The number of halogens is 1. The smallest absolute Gasteiger partial charge is 0.258 e. The fraction of sp³-hybridized carbons (Fsp3) is 0.450. The van der Waals surface area contributed by atoms with Crippen LogP contribution < -0.4 is 10.1 Å². The maximum atomic E-state index is 12.2. The predicted molar refractivity (Wildman–Crippen MR) is 104 cm³/mol. The molecular weight excluding hydrogens is 352 g/mol. The molecule has 0 saturated carbocycles. The number of likely N-dealkylation sites (N-methyl/N-ethyl adjacent to an activating group) is 1. The zero-order chi connectivity index (χ0) is 19.3. The fourth-order valence-corrected chi connectivity index (χ4v) is 2.84. The largest absolute Gasteiger partial charge is 0.483 e. The summed E-state index contributed by atoms with van der Waals surface area (Å²) in [6.45, 7) is 6.46. The van der Waals surface area contributed by atoms with E-state index in [-0.39, 0.29) is 24.5 Å². The highest BCUT2D eigenvalue weighted by molar-refractivity contribution is 6.31. The molecule has 26 heavy (non-hydrogen) atoms. The van der Waals surface area contributed by atoms with E-state index in [1.54, 1.807) is 6.26 Å². The maximum Gasteiger partial charge on any atom is 0.258 e. The van der Waals surface area contributed by atoms with E-state index in [4.69, 9.17) is 20.8 Å². The molecule has 0 bridgehead atoms. The van der Waals surface area contributed by atoms with Gasteiger partial charge in [-0.05, 0) is 62.3 Å². The van der Waals surface area contributed by atoms with Gasteiger partial charge in [0.1, 0.15) is 11.5 Å². The Hall–Kier alpha value is -1.98. The highest BCUT2D eigenvalue weighted by atomic mass is 35.5. The Balaban J connectivity index is 1.96. The number of ether oxygens (including phenoxy) is 1. The molecule has 1 atom stereocenters. The number of benzene rings is 1. The molecule has 1 aromatic carbocycles. The van der Waals surface area contributed by atoms with Gasteiger partial charge in [0.2, 0.25) is 0 Å². The van der Waals surface area contributed by atoms with Crippen LogP contribution in [-0.2, 0) is 4.79 Å². The zero-order valence-corrected chi connectivity index (χ0v) is 16.8. The van der Waals surface area contributed by atoms with Crippen molar-refractivity contribution in [1.82, 2.24) is 10.2 Å². The van der Waals surface area contributed by atoms with Crippen LogP contribution in [0.5, 0.6) is 5.75 Å². The molecule has 0 radical (unpaired) electrons. The van der Waals surface area contributed by atoms with Gasteiger partial charge in [-0.25, -0.2) is 0 Å². The molecule has 0 saturated heterocycles. The van der Waals surface area contributed by atoms with Crippen LogP contribution in [0.3, 0.4) is 0 Å². The van der Waals surface area contributed by atoms with Crippen molar-refractivity contribution in [2.24, 2.45) is 0 Å². The lowest BCUT2D eigenvalue weighted by atomic mass is 10.0. The molecule has 1 aromatic heterocycles. The monoisotopic (exact) mass is 378 g/mol. The van der Waals surface area contributed by atoms with Crippen molar-refractivity contribution in [2.75, 3.05) is 27.2 Å². The lowest BCUT2D eigenvalue weighted by molar-refractivity contribution is -0.123. The molecule has 0 aliphatic rings. The Kier molecular flexibility index (Phi) is 7.12. The summed E-state index contributed by atoms with van der Waals surface area (Å²) in [7, 11) is 3.89. The molecule has 1 amide bonds. The van der Waals surface area contributed by atoms with Crippen LogP contribution in [0.1, 0.15) is 42.7 Å². The minimum absolute atomic E-state index is 0.0297. The number of rotatable bonds is 8. The first kappa shape index (κ1) is 20.3. The summed E-state index contributed by atoms with van der Waals surface area (Å²) in [5.41, 5.74) is 1.92. The third kappa shape index (κ3) is 5.26. The average Bonchev–Trinajstić information content (AvgIpc) is 3.09. The average molecular weight is 379 g/mol. The van der Waals surface area contributed by atoms with E-state index in [0.29, 0.717) is 17.3 Å². The van der Waals surface area contributed by atoms with E-state index in [2.05, 4.69) is 19.2 Å². The van der Waals surface area contributed by atoms with Gasteiger partial charge in [-0.3, -0.25) is 9.69 Å².